The Kier molecular flexibility index (Phi) is 3.72. The van der Waals surface area contributed by atoms with Crippen LogP contribution in [0.25, 0.3) is 0 Å². The number of rotatable bonds is 3. The zero-order chi connectivity index (χ0) is 13.1. The first-order chi connectivity index (χ1) is 8.54. The maximum Gasteiger partial charge on any atom is 0.316 e. The van der Waals surface area contributed by atoms with Gasteiger partial charge in [-0.3, -0.25) is 0 Å². The Balaban J connectivity index is 1.92. The molecule has 2 unspecified atom stereocenters. The van der Waals surface area contributed by atoms with Crippen molar-refractivity contribution in [1.82, 2.24) is 4.90 Å². The number of anilines is 2. The van der Waals surface area contributed by atoms with E-state index >= 15 is 0 Å². The molecule has 0 spiro atoms. The smallest absolute Gasteiger partial charge is 0.316 e. The van der Waals surface area contributed by atoms with Crippen LogP contribution in [0.2, 0.25) is 0 Å². The van der Waals surface area contributed by atoms with Gasteiger partial charge in [0.2, 0.25) is 0 Å². The number of carbonyl (C=O) groups excluding carboxylic acids is 1. The van der Waals surface area contributed by atoms with Gasteiger partial charge in [-0.2, -0.15) is 0 Å². The first-order valence-corrected chi connectivity index (χ1v) is 6.18. The fourth-order valence-electron chi connectivity index (χ4n) is 2.33. The van der Waals surface area contributed by atoms with Crippen LogP contribution < -0.4 is 16.4 Å². The number of likely N-dealkylation sites (N-methyl/N-ethyl adjacent to an activating group) is 1. The van der Waals surface area contributed by atoms with Crippen LogP contribution in [-0.4, -0.2) is 36.6 Å². The predicted octanol–water partition coefficient (Wildman–Crippen LogP) is 1.68. The van der Waals surface area contributed by atoms with E-state index in [-0.39, 0.29) is 0 Å². The van der Waals surface area contributed by atoms with E-state index in [1.54, 1.807) is 0 Å². The van der Waals surface area contributed by atoms with Gasteiger partial charge >= 0.3 is 6.03 Å². The van der Waals surface area contributed by atoms with E-state index in [1.165, 1.54) is 0 Å². The first-order valence-electron chi connectivity index (χ1n) is 6.18. The second-order valence-electron chi connectivity index (χ2n) is 4.93. The number of carbonyl (C=O) groups is 1. The molecule has 0 bridgehead atoms. The van der Waals surface area contributed by atoms with E-state index in [9.17, 15) is 4.79 Å². The number of nitrogens with zero attached hydrogens (tertiary/aromatic N) is 1. The molecule has 0 saturated carbocycles. The molecule has 0 radical (unpaired) electrons. The summed E-state index contributed by atoms with van der Waals surface area (Å²) in [5.41, 5.74) is 6.83. The number of hydrogen-bond acceptors (Lipinski definition) is 3. The molecular weight excluding hydrogens is 228 g/mol. The Morgan fingerprint density at radius 1 is 1.33 bits per heavy atom. The summed E-state index contributed by atoms with van der Waals surface area (Å²) in [6.07, 6.45) is 1.15. The average molecular weight is 248 g/mol. The lowest BCUT2D eigenvalue weighted by atomic mass is 10.2. The maximum absolute atomic E-state index is 10.7. The van der Waals surface area contributed by atoms with E-state index < -0.39 is 6.03 Å². The van der Waals surface area contributed by atoms with Crippen molar-refractivity contribution in [3.8, 4) is 0 Å². The number of benzene rings is 1. The molecule has 2 amide bonds. The fourth-order valence-corrected chi connectivity index (χ4v) is 2.33. The van der Waals surface area contributed by atoms with E-state index in [1.807, 2.05) is 24.3 Å². The molecule has 0 aromatic heterocycles. The van der Waals surface area contributed by atoms with Crippen LogP contribution in [0.5, 0.6) is 0 Å². The average Bonchev–Trinajstić information content (AvgIpc) is 2.60. The number of likely N-dealkylation sites (tertiary alicyclic amines) is 1. The summed E-state index contributed by atoms with van der Waals surface area (Å²) in [4.78, 5) is 13.0. The van der Waals surface area contributed by atoms with Crippen molar-refractivity contribution in [2.45, 2.75) is 25.4 Å². The Hall–Kier alpha value is -1.75. The molecule has 1 aliphatic rings. The highest BCUT2D eigenvalue weighted by molar-refractivity contribution is 5.87. The largest absolute Gasteiger partial charge is 0.381 e. The molecule has 5 heteroatoms. The summed E-state index contributed by atoms with van der Waals surface area (Å²) in [5.74, 6) is 0. The van der Waals surface area contributed by atoms with Crippen molar-refractivity contribution in [3.63, 3.8) is 0 Å². The molecule has 1 aliphatic heterocycles. The third kappa shape index (κ3) is 3.13. The Morgan fingerprint density at radius 2 is 1.94 bits per heavy atom. The lowest BCUT2D eigenvalue weighted by Crippen LogP contribution is -2.24. The van der Waals surface area contributed by atoms with Gasteiger partial charge in [0.1, 0.15) is 0 Å². The molecule has 4 N–H and O–H groups in total. The third-order valence-corrected chi connectivity index (χ3v) is 3.41. The zero-order valence-corrected chi connectivity index (χ0v) is 10.8. The standard InChI is InChI=1S/C13H20N4O/c1-9-7-12(8-17(9)2)15-10-3-5-11(6-4-10)16-13(14)18/h3-6,9,12,15H,7-8H2,1-2H3,(H3,14,16,18). The molecule has 98 valence electrons. The highest BCUT2D eigenvalue weighted by atomic mass is 16.2. The maximum atomic E-state index is 10.7. The van der Waals surface area contributed by atoms with Crippen LogP contribution in [0.15, 0.2) is 24.3 Å². The molecule has 1 aromatic carbocycles. The number of hydrogen-bond donors (Lipinski definition) is 3. The van der Waals surface area contributed by atoms with Gasteiger partial charge in [0.05, 0.1) is 0 Å². The summed E-state index contributed by atoms with van der Waals surface area (Å²) < 4.78 is 0. The zero-order valence-electron chi connectivity index (χ0n) is 10.8. The highest BCUT2D eigenvalue weighted by Gasteiger charge is 2.25. The van der Waals surface area contributed by atoms with Crippen molar-refractivity contribution in [2.75, 3.05) is 24.2 Å². The third-order valence-electron chi connectivity index (χ3n) is 3.41. The van der Waals surface area contributed by atoms with Gasteiger partial charge in [0.15, 0.2) is 0 Å². The van der Waals surface area contributed by atoms with Crippen molar-refractivity contribution in [1.29, 1.82) is 0 Å². The molecule has 18 heavy (non-hydrogen) atoms. The van der Waals surface area contributed by atoms with E-state index in [0.29, 0.717) is 17.8 Å². The quantitative estimate of drug-likeness (QED) is 0.762. The second kappa shape index (κ2) is 5.27. The minimum absolute atomic E-state index is 0.486. The molecule has 1 saturated heterocycles. The number of amides is 2. The topological polar surface area (TPSA) is 70.4 Å². The van der Waals surface area contributed by atoms with Crippen LogP contribution in [0.4, 0.5) is 16.2 Å². The van der Waals surface area contributed by atoms with Gasteiger partial charge in [-0.25, -0.2) is 4.79 Å². The number of primary amides is 1. The van der Waals surface area contributed by atoms with Gasteiger partial charge in [0.25, 0.3) is 0 Å². The Labute approximate surface area is 107 Å². The molecular formula is C13H20N4O. The number of urea groups is 1. The minimum atomic E-state index is -0.540. The van der Waals surface area contributed by atoms with Crippen molar-refractivity contribution in [2.24, 2.45) is 5.73 Å². The van der Waals surface area contributed by atoms with Crippen LogP contribution in [0.1, 0.15) is 13.3 Å². The van der Waals surface area contributed by atoms with Gasteiger partial charge < -0.3 is 21.3 Å². The van der Waals surface area contributed by atoms with Crippen molar-refractivity contribution in [3.05, 3.63) is 24.3 Å². The summed E-state index contributed by atoms with van der Waals surface area (Å²) in [6.45, 7) is 3.30. The lowest BCUT2D eigenvalue weighted by molar-refractivity contribution is 0.259. The summed E-state index contributed by atoms with van der Waals surface area (Å²) in [6, 6.07) is 8.16. The van der Waals surface area contributed by atoms with Crippen molar-refractivity contribution < 1.29 is 4.79 Å². The summed E-state index contributed by atoms with van der Waals surface area (Å²) in [7, 11) is 2.15. The lowest BCUT2D eigenvalue weighted by Gasteiger charge is -2.14. The van der Waals surface area contributed by atoms with Gasteiger partial charge in [-0.05, 0) is 44.7 Å². The number of nitrogens with one attached hydrogen (secondary N) is 2. The van der Waals surface area contributed by atoms with Gasteiger partial charge in [0, 0.05) is 30.0 Å². The highest BCUT2D eigenvalue weighted by Crippen LogP contribution is 2.20. The summed E-state index contributed by atoms with van der Waals surface area (Å²) in [5, 5.41) is 6.04. The summed E-state index contributed by atoms with van der Waals surface area (Å²) >= 11 is 0. The van der Waals surface area contributed by atoms with Crippen LogP contribution >= 0.6 is 0 Å². The Bertz CT molecular complexity index is 408. The van der Waals surface area contributed by atoms with E-state index in [0.717, 1.165) is 18.7 Å². The normalized spacial score (nSPS) is 23.9. The molecule has 1 fully saturated rings. The molecule has 1 heterocycles. The van der Waals surface area contributed by atoms with E-state index in [4.69, 9.17) is 5.73 Å². The van der Waals surface area contributed by atoms with Crippen LogP contribution in [0.3, 0.4) is 0 Å². The molecule has 5 nitrogen and oxygen atoms in total. The van der Waals surface area contributed by atoms with Crippen LogP contribution in [-0.2, 0) is 0 Å². The second-order valence-corrected chi connectivity index (χ2v) is 4.93. The molecule has 2 rings (SSSR count). The van der Waals surface area contributed by atoms with Gasteiger partial charge in [-0.1, -0.05) is 0 Å². The number of nitrogens with two attached hydrogens (primary N) is 1. The predicted molar refractivity (Wildman–Crippen MR) is 73.8 cm³/mol. The van der Waals surface area contributed by atoms with Crippen LogP contribution in [0, 0.1) is 0 Å². The first kappa shape index (κ1) is 12.7. The molecule has 1 aromatic rings. The monoisotopic (exact) mass is 248 g/mol. The SMILES string of the molecule is CC1CC(Nc2ccc(NC(N)=O)cc2)CN1C. The van der Waals surface area contributed by atoms with E-state index in [2.05, 4.69) is 29.5 Å². The van der Waals surface area contributed by atoms with Crippen molar-refractivity contribution >= 4 is 17.4 Å². The fraction of sp³-hybridized carbons (Fsp3) is 0.462. The molecule has 0 aliphatic carbocycles. The minimum Gasteiger partial charge on any atom is -0.381 e. The Morgan fingerprint density at radius 3 is 2.44 bits per heavy atom. The molecule has 2 atom stereocenters. The van der Waals surface area contributed by atoms with Gasteiger partial charge in [-0.15, -0.1) is 0 Å².